The van der Waals surface area contributed by atoms with E-state index < -0.39 is 0 Å². The molecule has 1 saturated heterocycles. The van der Waals surface area contributed by atoms with Crippen LogP contribution in [0.4, 0.5) is 11.0 Å². The number of amides is 1. The summed E-state index contributed by atoms with van der Waals surface area (Å²) in [6.45, 7) is 2.00. The third-order valence-electron chi connectivity index (χ3n) is 2.89. The number of anilines is 2. The summed E-state index contributed by atoms with van der Waals surface area (Å²) in [6, 6.07) is 3.55. The second-order valence-electron chi connectivity index (χ2n) is 4.12. The molecular formula is C12H13N3O2S. The average molecular weight is 263 g/mol. The first-order chi connectivity index (χ1) is 8.83. The van der Waals surface area contributed by atoms with E-state index in [1.165, 1.54) is 24.2 Å². The Morgan fingerprint density at radius 2 is 2.22 bits per heavy atom. The maximum atomic E-state index is 11.9. The molecule has 18 heavy (non-hydrogen) atoms. The molecule has 5 nitrogen and oxygen atoms in total. The summed E-state index contributed by atoms with van der Waals surface area (Å²) in [5.41, 5.74) is 0. The van der Waals surface area contributed by atoms with Crippen LogP contribution in [0.3, 0.4) is 0 Å². The topological polar surface area (TPSA) is 58.4 Å². The quantitative estimate of drug-likeness (QED) is 0.924. The van der Waals surface area contributed by atoms with E-state index >= 15 is 0 Å². The van der Waals surface area contributed by atoms with Gasteiger partial charge in [0.05, 0.1) is 0 Å². The molecule has 1 aliphatic heterocycles. The predicted molar refractivity (Wildman–Crippen MR) is 70.2 cm³/mol. The fourth-order valence-corrected chi connectivity index (χ4v) is 2.53. The molecule has 1 fully saturated rings. The SMILES string of the molecule is O=C(Nc1nccs1)c1ccc(N2CCCC2)o1. The van der Waals surface area contributed by atoms with Gasteiger partial charge in [-0.1, -0.05) is 0 Å². The van der Waals surface area contributed by atoms with Crippen LogP contribution in [0.2, 0.25) is 0 Å². The lowest BCUT2D eigenvalue weighted by molar-refractivity contribution is 0.0997. The Morgan fingerprint density at radius 1 is 1.39 bits per heavy atom. The van der Waals surface area contributed by atoms with Crippen LogP contribution < -0.4 is 10.2 Å². The number of furan rings is 1. The van der Waals surface area contributed by atoms with E-state index in [0.717, 1.165) is 19.0 Å². The second-order valence-corrected chi connectivity index (χ2v) is 5.02. The van der Waals surface area contributed by atoms with Crippen molar-refractivity contribution in [2.24, 2.45) is 0 Å². The molecule has 0 atom stereocenters. The molecule has 2 aromatic heterocycles. The first-order valence-electron chi connectivity index (χ1n) is 5.88. The summed E-state index contributed by atoms with van der Waals surface area (Å²) in [6.07, 6.45) is 4.01. The van der Waals surface area contributed by atoms with Gasteiger partial charge in [-0.25, -0.2) is 4.98 Å². The fourth-order valence-electron chi connectivity index (χ4n) is 2.00. The van der Waals surface area contributed by atoms with Crippen LogP contribution in [0.15, 0.2) is 28.1 Å². The normalized spacial score (nSPS) is 15.0. The van der Waals surface area contributed by atoms with Crippen molar-refractivity contribution in [3.05, 3.63) is 29.5 Å². The molecule has 0 radical (unpaired) electrons. The molecule has 0 unspecified atom stereocenters. The van der Waals surface area contributed by atoms with Crippen molar-refractivity contribution in [2.75, 3.05) is 23.3 Å². The van der Waals surface area contributed by atoms with E-state index in [0.29, 0.717) is 10.9 Å². The number of nitrogens with zero attached hydrogens (tertiary/aromatic N) is 2. The molecule has 1 aliphatic rings. The van der Waals surface area contributed by atoms with Crippen LogP contribution in [-0.2, 0) is 0 Å². The zero-order valence-electron chi connectivity index (χ0n) is 9.76. The van der Waals surface area contributed by atoms with Crippen LogP contribution in [0.5, 0.6) is 0 Å². The van der Waals surface area contributed by atoms with Crippen molar-refractivity contribution >= 4 is 28.3 Å². The predicted octanol–water partition coefficient (Wildman–Crippen LogP) is 2.59. The maximum absolute atomic E-state index is 11.9. The highest BCUT2D eigenvalue weighted by molar-refractivity contribution is 7.13. The van der Waals surface area contributed by atoms with Gasteiger partial charge in [0.1, 0.15) is 0 Å². The van der Waals surface area contributed by atoms with Crippen molar-refractivity contribution < 1.29 is 9.21 Å². The van der Waals surface area contributed by atoms with Gasteiger partial charge in [0.15, 0.2) is 16.8 Å². The summed E-state index contributed by atoms with van der Waals surface area (Å²) in [5, 5.41) is 5.09. The minimum Gasteiger partial charge on any atom is -0.435 e. The van der Waals surface area contributed by atoms with E-state index in [1.54, 1.807) is 12.3 Å². The van der Waals surface area contributed by atoms with Gasteiger partial charge in [-0.05, 0) is 18.9 Å². The minimum atomic E-state index is -0.254. The van der Waals surface area contributed by atoms with Gasteiger partial charge in [-0.2, -0.15) is 0 Å². The summed E-state index contributed by atoms with van der Waals surface area (Å²) < 4.78 is 5.57. The van der Waals surface area contributed by atoms with Gasteiger partial charge >= 0.3 is 0 Å². The Bertz CT molecular complexity index is 529. The van der Waals surface area contributed by atoms with Crippen LogP contribution in [-0.4, -0.2) is 24.0 Å². The third-order valence-corrected chi connectivity index (χ3v) is 3.57. The van der Waals surface area contributed by atoms with Crippen molar-refractivity contribution in [1.29, 1.82) is 0 Å². The number of hydrogen-bond acceptors (Lipinski definition) is 5. The molecule has 6 heteroatoms. The molecule has 1 amide bonds. The highest BCUT2D eigenvalue weighted by Gasteiger charge is 2.18. The molecule has 1 N–H and O–H groups in total. The summed E-state index contributed by atoms with van der Waals surface area (Å²) in [4.78, 5) is 18.0. The van der Waals surface area contributed by atoms with E-state index in [2.05, 4.69) is 15.2 Å². The molecule has 0 bridgehead atoms. The molecule has 0 saturated carbocycles. The van der Waals surface area contributed by atoms with Gasteiger partial charge in [0, 0.05) is 30.7 Å². The van der Waals surface area contributed by atoms with Crippen molar-refractivity contribution in [2.45, 2.75) is 12.8 Å². The van der Waals surface area contributed by atoms with Crippen molar-refractivity contribution in [3.63, 3.8) is 0 Å². The van der Waals surface area contributed by atoms with Crippen molar-refractivity contribution in [3.8, 4) is 0 Å². The maximum Gasteiger partial charge on any atom is 0.293 e. The summed E-state index contributed by atoms with van der Waals surface area (Å²) in [7, 11) is 0. The van der Waals surface area contributed by atoms with Gasteiger partial charge in [-0.15, -0.1) is 11.3 Å². The Morgan fingerprint density at radius 3 is 2.94 bits per heavy atom. The standard InChI is InChI=1S/C12H13N3O2S/c16-11(14-12-13-5-8-18-12)9-3-4-10(17-9)15-6-1-2-7-15/h3-5,8H,1-2,6-7H2,(H,13,14,16). The number of rotatable bonds is 3. The lowest BCUT2D eigenvalue weighted by atomic mass is 10.4. The molecule has 3 rings (SSSR count). The molecular weight excluding hydrogens is 250 g/mol. The van der Waals surface area contributed by atoms with Gasteiger partial charge < -0.3 is 9.32 Å². The molecule has 3 heterocycles. The first kappa shape index (κ1) is 11.3. The van der Waals surface area contributed by atoms with E-state index in [9.17, 15) is 4.79 Å². The van der Waals surface area contributed by atoms with Crippen LogP contribution >= 0.6 is 11.3 Å². The number of nitrogens with one attached hydrogen (secondary N) is 1. The lowest BCUT2D eigenvalue weighted by Crippen LogP contribution is -2.16. The van der Waals surface area contributed by atoms with Gasteiger partial charge in [-0.3, -0.25) is 10.1 Å². The molecule has 0 aliphatic carbocycles. The Kier molecular flexibility index (Phi) is 3.02. The second kappa shape index (κ2) is 4.81. The minimum absolute atomic E-state index is 0.254. The van der Waals surface area contributed by atoms with E-state index in [1.807, 2.05) is 11.4 Å². The lowest BCUT2D eigenvalue weighted by Gasteiger charge is -2.12. The zero-order chi connectivity index (χ0) is 12.4. The molecule has 94 valence electrons. The van der Waals surface area contributed by atoms with Crippen LogP contribution in [0.1, 0.15) is 23.4 Å². The monoisotopic (exact) mass is 263 g/mol. The molecule has 0 spiro atoms. The van der Waals surface area contributed by atoms with Gasteiger partial charge in [0.25, 0.3) is 5.91 Å². The average Bonchev–Trinajstić information content (AvgIpc) is 3.11. The largest absolute Gasteiger partial charge is 0.435 e. The third kappa shape index (κ3) is 2.24. The zero-order valence-corrected chi connectivity index (χ0v) is 10.6. The van der Waals surface area contributed by atoms with Crippen molar-refractivity contribution in [1.82, 2.24) is 4.98 Å². The Balaban J connectivity index is 1.70. The highest BCUT2D eigenvalue weighted by Crippen LogP contribution is 2.23. The van der Waals surface area contributed by atoms with Crippen LogP contribution in [0.25, 0.3) is 0 Å². The van der Waals surface area contributed by atoms with Crippen LogP contribution in [0, 0.1) is 0 Å². The smallest absolute Gasteiger partial charge is 0.293 e. The van der Waals surface area contributed by atoms with E-state index in [4.69, 9.17) is 4.42 Å². The van der Waals surface area contributed by atoms with Gasteiger partial charge in [0.2, 0.25) is 0 Å². The molecule has 0 aromatic carbocycles. The highest BCUT2D eigenvalue weighted by atomic mass is 32.1. The summed E-state index contributed by atoms with van der Waals surface area (Å²) in [5.74, 6) is 0.847. The number of carbonyl (C=O) groups excluding carboxylic acids is 1. The Labute approximate surface area is 108 Å². The Hall–Kier alpha value is -1.82. The number of thiazole rings is 1. The first-order valence-corrected chi connectivity index (χ1v) is 6.76. The number of aromatic nitrogens is 1. The molecule has 2 aromatic rings. The summed E-state index contributed by atoms with van der Waals surface area (Å²) >= 11 is 1.38. The van der Waals surface area contributed by atoms with E-state index in [-0.39, 0.29) is 5.91 Å². The number of hydrogen-bond donors (Lipinski definition) is 1. The fraction of sp³-hybridized carbons (Fsp3) is 0.333. The number of carbonyl (C=O) groups is 1.